The normalized spacial score (nSPS) is 37.1. The Kier molecular flexibility index (Phi) is 3.83. The van der Waals surface area contributed by atoms with E-state index < -0.39 is 12.0 Å². The Morgan fingerprint density at radius 1 is 1.55 bits per heavy atom. The first-order valence-corrected chi connectivity index (χ1v) is 6.71. The Bertz CT molecular complexity index is 512. The number of nitrogens with zero attached hydrogens (tertiary/aromatic N) is 4. The highest BCUT2D eigenvalue weighted by Crippen LogP contribution is 2.45. The van der Waals surface area contributed by atoms with Gasteiger partial charge in [0, 0.05) is 17.0 Å². The van der Waals surface area contributed by atoms with E-state index in [1.807, 2.05) is 20.8 Å². The van der Waals surface area contributed by atoms with Gasteiger partial charge in [0.1, 0.15) is 6.23 Å². The van der Waals surface area contributed by atoms with Gasteiger partial charge in [0.2, 0.25) is 5.91 Å². The Morgan fingerprint density at radius 2 is 2.25 bits per heavy atom. The topological polar surface area (TPSA) is 95.4 Å². The standard InChI is InChI=1S/C13H18N4O3/c1-4-13(15-16-14)9(3)8(2)12(20-13)17-6-5-10(18)7-11(17)19/h5-6,8-9,12H,4,7H2,1-3H3/t8-,9-,12+,13+/m0/s1. The van der Waals surface area contributed by atoms with E-state index in [2.05, 4.69) is 10.0 Å². The van der Waals surface area contributed by atoms with E-state index in [1.165, 1.54) is 17.2 Å². The summed E-state index contributed by atoms with van der Waals surface area (Å²) >= 11 is 0. The van der Waals surface area contributed by atoms with Gasteiger partial charge in [-0.2, -0.15) is 0 Å². The van der Waals surface area contributed by atoms with Crippen molar-refractivity contribution in [2.75, 3.05) is 0 Å². The van der Waals surface area contributed by atoms with Gasteiger partial charge in [-0.1, -0.05) is 25.9 Å². The van der Waals surface area contributed by atoms with E-state index in [0.29, 0.717) is 6.42 Å². The number of hydrogen-bond acceptors (Lipinski definition) is 4. The molecule has 0 unspecified atom stereocenters. The summed E-state index contributed by atoms with van der Waals surface area (Å²) in [6, 6.07) is 0. The molecule has 0 spiro atoms. The van der Waals surface area contributed by atoms with Crippen molar-refractivity contribution in [1.82, 2.24) is 4.90 Å². The van der Waals surface area contributed by atoms with Crippen LogP contribution in [0.2, 0.25) is 0 Å². The monoisotopic (exact) mass is 278 g/mol. The lowest BCUT2D eigenvalue weighted by Gasteiger charge is -2.31. The molecule has 0 aromatic carbocycles. The van der Waals surface area contributed by atoms with Gasteiger partial charge in [0.15, 0.2) is 11.5 Å². The van der Waals surface area contributed by atoms with Crippen molar-refractivity contribution in [2.45, 2.75) is 45.6 Å². The lowest BCUT2D eigenvalue weighted by atomic mass is 9.87. The Hall–Kier alpha value is -1.85. The molecule has 0 aromatic rings. The first kappa shape index (κ1) is 14.6. The van der Waals surface area contributed by atoms with Crippen LogP contribution in [-0.2, 0) is 14.3 Å². The number of azide groups is 1. The fraction of sp³-hybridized carbons (Fsp3) is 0.692. The van der Waals surface area contributed by atoms with Gasteiger partial charge in [-0.05, 0) is 23.9 Å². The van der Waals surface area contributed by atoms with E-state index >= 15 is 0 Å². The van der Waals surface area contributed by atoms with Crippen LogP contribution in [0.5, 0.6) is 0 Å². The van der Waals surface area contributed by atoms with Crippen LogP contribution in [0.4, 0.5) is 0 Å². The third kappa shape index (κ3) is 2.19. The van der Waals surface area contributed by atoms with Gasteiger partial charge < -0.3 is 4.74 Å². The van der Waals surface area contributed by atoms with Crippen molar-refractivity contribution in [2.24, 2.45) is 17.0 Å². The van der Waals surface area contributed by atoms with Crippen LogP contribution in [0.15, 0.2) is 17.4 Å². The summed E-state index contributed by atoms with van der Waals surface area (Å²) in [6.45, 7) is 5.79. The predicted octanol–water partition coefficient (Wildman–Crippen LogP) is 2.35. The molecule has 20 heavy (non-hydrogen) atoms. The van der Waals surface area contributed by atoms with Gasteiger partial charge in [0.05, 0.1) is 6.42 Å². The zero-order valence-corrected chi connectivity index (χ0v) is 11.8. The predicted molar refractivity (Wildman–Crippen MR) is 71.0 cm³/mol. The van der Waals surface area contributed by atoms with Crippen LogP contribution in [0.3, 0.4) is 0 Å². The fourth-order valence-corrected chi connectivity index (χ4v) is 2.83. The van der Waals surface area contributed by atoms with Crippen LogP contribution in [0.1, 0.15) is 33.6 Å². The average Bonchev–Trinajstić information content (AvgIpc) is 2.65. The maximum absolute atomic E-state index is 12.0. The molecule has 1 saturated heterocycles. The molecule has 0 N–H and O–H groups in total. The second kappa shape index (κ2) is 5.26. The largest absolute Gasteiger partial charge is 0.345 e. The molecule has 2 rings (SSSR count). The van der Waals surface area contributed by atoms with Gasteiger partial charge >= 0.3 is 0 Å². The number of carbonyl (C=O) groups excluding carboxylic acids is 2. The van der Waals surface area contributed by atoms with Crippen LogP contribution in [0, 0.1) is 11.8 Å². The maximum Gasteiger partial charge on any atom is 0.236 e. The van der Waals surface area contributed by atoms with Gasteiger partial charge in [0.25, 0.3) is 0 Å². The van der Waals surface area contributed by atoms with Gasteiger partial charge in [-0.15, -0.1) is 0 Å². The quantitative estimate of drug-likeness (QED) is 0.343. The molecule has 2 aliphatic heterocycles. The van der Waals surface area contributed by atoms with E-state index in [4.69, 9.17) is 10.3 Å². The summed E-state index contributed by atoms with van der Waals surface area (Å²) < 4.78 is 5.93. The molecule has 1 amide bonds. The van der Waals surface area contributed by atoms with Crippen molar-refractivity contribution in [3.8, 4) is 0 Å². The average molecular weight is 278 g/mol. The molecular weight excluding hydrogens is 260 g/mol. The number of amides is 1. The minimum absolute atomic E-state index is 0.00209. The summed E-state index contributed by atoms with van der Waals surface area (Å²) in [5.74, 6) is -0.509. The van der Waals surface area contributed by atoms with Crippen molar-refractivity contribution in [3.63, 3.8) is 0 Å². The second-order valence-corrected chi connectivity index (χ2v) is 5.30. The molecule has 0 radical (unpaired) electrons. The van der Waals surface area contributed by atoms with E-state index in [0.717, 1.165) is 0 Å². The Labute approximate surface area is 117 Å². The molecule has 2 heterocycles. The maximum atomic E-state index is 12.0. The van der Waals surface area contributed by atoms with Crippen LogP contribution in [0.25, 0.3) is 10.4 Å². The van der Waals surface area contributed by atoms with E-state index in [-0.39, 0.29) is 29.9 Å². The second-order valence-electron chi connectivity index (χ2n) is 5.30. The molecule has 7 nitrogen and oxygen atoms in total. The van der Waals surface area contributed by atoms with Crippen molar-refractivity contribution >= 4 is 11.7 Å². The summed E-state index contributed by atoms with van der Waals surface area (Å²) in [4.78, 5) is 27.5. The first-order chi connectivity index (χ1) is 9.45. The minimum atomic E-state index is -0.936. The number of ether oxygens (including phenoxy) is 1. The Balaban J connectivity index is 2.31. The van der Waals surface area contributed by atoms with Crippen LogP contribution >= 0.6 is 0 Å². The number of rotatable bonds is 3. The molecule has 108 valence electrons. The highest BCUT2D eigenvalue weighted by Gasteiger charge is 2.52. The van der Waals surface area contributed by atoms with E-state index in [9.17, 15) is 9.59 Å². The van der Waals surface area contributed by atoms with Crippen molar-refractivity contribution in [3.05, 3.63) is 22.7 Å². The number of allylic oxidation sites excluding steroid dienone is 1. The highest BCUT2D eigenvalue weighted by molar-refractivity contribution is 6.06. The van der Waals surface area contributed by atoms with E-state index in [1.54, 1.807) is 0 Å². The molecule has 2 aliphatic rings. The van der Waals surface area contributed by atoms with Crippen LogP contribution in [-0.4, -0.2) is 28.5 Å². The van der Waals surface area contributed by atoms with Gasteiger partial charge in [-0.25, -0.2) is 0 Å². The lowest BCUT2D eigenvalue weighted by Crippen LogP contribution is -2.42. The molecule has 4 atom stereocenters. The summed E-state index contributed by atoms with van der Waals surface area (Å²) in [7, 11) is 0. The fourth-order valence-electron chi connectivity index (χ4n) is 2.83. The smallest absolute Gasteiger partial charge is 0.236 e. The van der Waals surface area contributed by atoms with Crippen LogP contribution < -0.4 is 0 Å². The summed E-state index contributed by atoms with van der Waals surface area (Å²) in [5.41, 5.74) is 7.81. The molecule has 0 aromatic heterocycles. The number of carbonyl (C=O) groups is 2. The lowest BCUT2D eigenvalue weighted by molar-refractivity contribution is -0.151. The molecule has 0 saturated carbocycles. The minimum Gasteiger partial charge on any atom is -0.345 e. The third-order valence-electron chi connectivity index (χ3n) is 4.30. The summed E-state index contributed by atoms with van der Waals surface area (Å²) in [5, 5.41) is 3.82. The molecule has 1 fully saturated rings. The zero-order valence-electron chi connectivity index (χ0n) is 11.8. The number of hydrogen-bond donors (Lipinski definition) is 0. The SMILES string of the molecule is CC[C@@]1(N=[N+]=[N-])O[C@@H](N2C=CC(=O)CC2=O)[C@@H](C)[C@@H]1C. The van der Waals surface area contributed by atoms with Crippen molar-refractivity contribution < 1.29 is 14.3 Å². The van der Waals surface area contributed by atoms with Crippen molar-refractivity contribution in [1.29, 1.82) is 0 Å². The number of ketones is 1. The third-order valence-corrected chi connectivity index (χ3v) is 4.30. The highest BCUT2D eigenvalue weighted by atomic mass is 16.5. The molecule has 7 heteroatoms. The molecular formula is C13H18N4O3. The first-order valence-electron chi connectivity index (χ1n) is 6.71. The Morgan fingerprint density at radius 3 is 2.80 bits per heavy atom. The van der Waals surface area contributed by atoms with Gasteiger partial charge in [-0.3, -0.25) is 14.5 Å². The molecule has 0 aliphatic carbocycles. The zero-order chi connectivity index (χ0) is 14.9. The summed E-state index contributed by atoms with van der Waals surface area (Å²) in [6.07, 6.45) is 2.72. The molecule has 0 bridgehead atoms.